The number of hydrogen-bond donors (Lipinski definition) is 4. The van der Waals surface area contributed by atoms with Crippen molar-refractivity contribution in [2.24, 2.45) is 5.92 Å². The van der Waals surface area contributed by atoms with Crippen molar-refractivity contribution in [2.45, 2.75) is 88.8 Å². The van der Waals surface area contributed by atoms with Gasteiger partial charge in [-0.05, 0) is 50.5 Å². The van der Waals surface area contributed by atoms with E-state index in [4.69, 9.17) is 9.47 Å². The van der Waals surface area contributed by atoms with Gasteiger partial charge >= 0.3 is 12.1 Å². The first-order valence-corrected chi connectivity index (χ1v) is 14.8. The number of hydrogen-bond acceptors (Lipinski definition) is 7. The molecule has 0 heterocycles. The zero-order chi connectivity index (χ0) is 30.6. The number of esters is 1. The summed E-state index contributed by atoms with van der Waals surface area (Å²) in [6.07, 6.45) is 8.75. The molecule has 3 amide bonds. The van der Waals surface area contributed by atoms with Crippen LogP contribution in [0.3, 0.4) is 0 Å². The van der Waals surface area contributed by atoms with E-state index >= 15 is 0 Å². The van der Waals surface area contributed by atoms with Crippen LogP contribution < -0.4 is 16.0 Å². The fraction of sp³-hybridized carbons (Fsp3) is 0.562. The first kappa shape index (κ1) is 34.5. The number of benzene rings is 1. The predicted octanol–water partition coefficient (Wildman–Crippen LogP) is 4.08. The molecule has 42 heavy (non-hydrogen) atoms. The number of rotatable bonds is 20. The first-order chi connectivity index (χ1) is 20.3. The van der Waals surface area contributed by atoms with Gasteiger partial charge in [0.05, 0.1) is 24.1 Å². The van der Waals surface area contributed by atoms with Crippen LogP contribution in [-0.4, -0.2) is 60.3 Å². The van der Waals surface area contributed by atoms with Crippen LogP contribution in [0, 0.1) is 5.92 Å². The summed E-state index contributed by atoms with van der Waals surface area (Å²) in [6.45, 7) is 7.78. The molecule has 1 aliphatic carbocycles. The Morgan fingerprint density at radius 2 is 1.76 bits per heavy atom. The first-order valence-electron chi connectivity index (χ1n) is 14.8. The van der Waals surface area contributed by atoms with E-state index in [1.165, 1.54) is 0 Å². The number of aliphatic hydroxyl groups excluding tert-OH is 1. The van der Waals surface area contributed by atoms with E-state index in [-0.39, 0.29) is 50.4 Å². The second-order valence-corrected chi connectivity index (χ2v) is 10.8. The highest BCUT2D eigenvalue weighted by molar-refractivity contribution is 5.86. The third-order valence-corrected chi connectivity index (χ3v) is 7.33. The maximum atomic E-state index is 13.2. The number of allylic oxidation sites excluding steroid dienone is 2. The quantitative estimate of drug-likeness (QED) is 0.103. The van der Waals surface area contributed by atoms with Crippen molar-refractivity contribution in [3.63, 3.8) is 0 Å². The number of carbonyl (C=O) groups excluding carboxylic acids is 4. The number of carbonyl (C=O) groups is 4. The van der Waals surface area contributed by atoms with Crippen LogP contribution in [0.2, 0.25) is 0 Å². The molecule has 1 saturated carbocycles. The summed E-state index contributed by atoms with van der Waals surface area (Å²) in [7, 11) is 0. The average molecular weight is 586 g/mol. The molecule has 0 unspecified atom stereocenters. The molecule has 1 aromatic carbocycles. The minimum absolute atomic E-state index is 0.00507. The SMILES string of the molecule is C=CCCC(=O)OC[C@H](CCCCNC(=O)OCc1ccccc1)NC(=O)[C@H](CC=C)CC(=O)NC1(CO)CCCC1. The second kappa shape index (κ2) is 19.5. The van der Waals surface area contributed by atoms with Gasteiger partial charge in [-0.15, -0.1) is 13.2 Å². The van der Waals surface area contributed by atoms with E-state index < -0.39 is 23.6 Å². The van der Waals surface area contributed by atoms with Crippen molar-refractivity contribution in [3.8, 4) is 0 Å². The van der Waals surface area contributed by atoms with Gasteiger partial charge in [0.1, 0.15) is 13.2 Å². The molecule has 0 aromatic heterocycles. The van der Waals surface area contributed by atoms with Gasteiger partial charge in [-0.1, -0.05) is 55.3 Å². The summed E-state index contributed by atoms with van der Waals surface area (Å²) in [6, 6.07) is 8.92. The molecule has 10 heteroatoms. The zero-order valence-corrected chi connectivity index (χ0v) is 24.6. The maximum absolute atomic E-state index is 13.2. The minimum atomic E-state index is -0.653. The molecule has 0 saturated heterocycles. The van der Waals surface area contributed by atoms with Crippen LogP contribution in [0.25, 0.3) is 0 Å². The number of amides is 3. The molecule has 10 nitrogen and oxygen atoms in total. The minimum Gasteiger partial charge on any atom is -0.463 e. The summed E-state index contributed by atoms with van der Waals surface area (Å²) < 4.78 is 10.6. The van der Waals surface area contributed by atoms with Crippen LogP contribution >= 0.6 is 0 Å². The molecule has 2 atom stereocenters. The standard InChI is InChI=1S/C32H47N3O7/c1-3-5-17-29(38)41-23-27(16-9-12-20-33-31(40)42-22-25-14-7-6-8-15-25)34-30(39)26(13-4-2)21-28(37)35-32(24-36)18-10-11-19-32/h3-4,6-8,14-15,26-27,36H,1-2,5,9-13,16-24H2,(H,33,40)(H,34,39)(H,35,37)/t26-,27+/m1/s1. The van der Waals surface area contributed by atoms with Gasteiger partial charge in [-0.2, -0.15) is 0 Å². The summed E-state index contributed by atoms with van der Waals surface area (Å²) in [5, 5.41) is 18.4. The highest BCUT2D eigenvalue weighted by Crippen LogP contribution is 2.29. The Bertz CT molecular complexity index is 1010. The van der Waals surface area contributed by atoms with E-state index in [2.05, 4.69) is 29.1 Å². The fourth-order valence-electron chi connectivity index (χ4n) is 4.91. The molecule has 0 bridgehead atoms. The highest BCUT2D eigenvalue weighted by atomic mass is 16.5. The lowest BCUT2D eigenvalue weighted by molar-refractivity contribution is -0.145. The van der Waals surface area contributed by atoms with Crippen LogP contribution in [0.1, 0.15) is 76.2 Å². The lowest BCUT2D eigenvalue weighted by Gasteiger charge is -2.29. The van der Waals surface area contributed by atoms with E-state index in [1.54, 1.807) is 12.2 Å². The lowest BCUT2D eigenvalue weighted by atomic mass is 9.95. The molecule has 0 aliphatic heterocycles. The smallest absolute Gasteiger partial charge is 0.407 e. The molecule has 1 fully saturated rings. The third-order valence-electron chi connectivity index (χ3n) is 7.33. The van der Waals surface area contributed by atoms with Gasteiger partial charge in [-0.25, -0.2) is 4.79 Å². The van der Waals surface area contributed by atoms with Crippen molar-refractivity contribution < 1.29 is 33.8 Å². The third kappa shape index (κ3) is 13.3. The largest absolute Gasteiger partial charge is 0.463 e. The van der Waals surface area contributed by atoms with Crippen molar-refractivity contribution in [1.82, 2.24) is 16.0 Å². The number of alkyl carbamates (subject to hydrolysis) is 1. The zero-order valence-electron chi connectivity index (χ0n) is 24.6. The monoisotopic (exact) mass is 585 g/mol. The topological polar surface area (TPSA) is 143 Å². The Balaban J connectivity index is 1.86. The maximum Gasteiger partial charge on any atom is 0.407 e. The Labute approximate surface area is 249 Å². The van der Waals surface area contributed by atoms with Gasteiger partial charge < -0.3 is 30.5 Å². The van der Waals surface area contributed by atoms with Crippen molar-refractivity contribution in [1.29, 1.82) is 0 Å². The van der Waals surface area contributed by atoms with Crippen molar-refractivity contribution in [2.75, 3.05) is 19.8 Å². The number of nitrogens with one attached hydrogen (secondary N) is 3. The molecule has 0 spiro atoms. The predicted molar refractivity (Wildman–Crippen MR) is 160 cm³/mol. The van der Waals surface area contributed by atoms with Crippen LogP contribution in [-0.2, 0) is 30.5 Å². The molecule has 4 N–H and O–H groups in total. The molecule has 2 rings (SSSR count). The van der Waals surface area contributed by atoms with Gasteiger partial charge in [0.15, 0.2) is 0 Å². The van der Waals surface area contributed by atoms with Crippen molar-refractivity contribution >= 4 is 23.9 Å². The van der Waals surface area contributed by atoms with Gasteiger partial charge in [0.2, 0.25) is 11.8 Å². The fourth-order valence-corrected chi connectivity index (χ4v) is 4.91. The molecule has 1 aromatic rings. The van der Waals surface area contributed by atoms with Crippen LogP contribution in [0.15, 0.2) is 55.6 Å². The molecule has 232 valence electrons. The second-order valence-electron chi connectivity index (χ2n) is 10.8. The number of unbranched alkanes of at least 4 members (excludes halogenated alkanes) is 1. The Morgan fingerprint density at radius 3 is 2.43 bits per heavy atom. The average Bonchev–Trinajstić information content (AvgIpc) is 3.46. The van der Waals surface area contributed by atoms with Crippen molar-refractivity contribution in [3.05, 3.63) is 61.2 Å². The van der Waals surface area contributed by atoms with E-state index in [0.29, 0.717) is 51.5 Å². The molecule has 0 radical (unpaired) electrons. The molecular formula is C32H47N3O7. The summed E-state index contributed by atoms with van der Waals surface area (Å²) in [5.41, 5.74) is 0.281. The summed E-state index contributed by atoms with van der Waals surface area (Å²) in [5.74, 6) is -1.65. The van der Waals surface area contributed by atoms with E-state index in [0.717, 1.165) is 18.4 Å². The van der Waals surface area contributed by atoms with E-state index in [1.807, 2.05) is 30.3 Å². The van der Waals surface area contributed by atoms with Crippen LogP contribution in [0.4, 0.5) is 4.79 Å². The molecular weight excluding hydrogens is 538 g/mol. The lowest BCUT2D eigenvalue weighted by Crippen LogP contribution is -2.50. The Hall–Kier alpha value is -3.66. The van der Waals surface area contributed by atoms with Gasteiger partial charge in [0.25, 0.3) is 0 Å². The Kier molecular flexibility index (Phi) is 16.0. The summed E-state index contributed by atoms with van der Waals surface area (Å²) >= 11 is 0. The number of ether oxygens (including phenoxy) is 2. The highest BCUT2D eigenvalue weighted by Gasteiger charge is 2.35. The Morgan fingerprint density at radius 1 is 1.02 bits per heavy atom. The summed E-state index contributed by atoms with van der Waals surface area (Å²) in [4.78, 5) is 50.1. The molecule has 1 aliphatic rings. The number of aliphatic hydroxyl groups is 1. The van der Waals surface area contributed by atoms with Gasteiger partial charge in [-0.3, -0.25) is 14.4 Å². The normalized spacial score (nSPS) is 15.1. The van der Waals surface area contributed by atoms with E-state index in [9.17, 15) is 24.3 Å². The van der Waals surface area contributed by atoms with Crippen LogP contribution in [0.5, 0.6) is 0 Å². The van der Waals surface area contributed by atoms with Gasteiger partial charge in [0, 0.05) is 19.4 Å².